The van der Waals surface area contributed by atoms with Crippen molar-refractivity contribution < 1.29 is 13.5 Å². The van der Waals surface area contributed by atoms with E-state index in [9.17, 15) is 13.5 Å². The molecule has 5 heteroatoms. The number of sulfonamides is 1. The first kappa shape index (κ1) is 16.1. The van der Waals surface area contributed by atoms with E-state index < -0.39 is 15.6 Å². The number of nitrogens with one attached hydrogen (secondary N) is 1. The maximum atomic E-state index is 11.9. The van der Waals surface area contributed by atoms with Crippen LogP contribution in [0.5, 0.6) is 0 Å². The molecule has 1 rings (SSSR count). The maximum Gasteiger partial charge on any atom is 0.211 e. The summed E-state index contributed by atoms with van der Waals surface area (Å²) < 4.78 is 26.2. The first-order valence-electron chi connectivity index (χ1n) is 6.52. The number of hydrogen-bond acceptors (Lipinski definition) is 3. The highest BCUT2D eigenvalue weighted by Gasteiger charge is 2.25. The van der Waals surface area contributed by atoms with Gasteiger partial charge in [0.25, 0.3) is 0 Å². The lowest BCUT2D eigenvalue weighted by molar-refractivity contribution is 0.0627. The zero-order valence-electron chi connectivity index (χ0n) is 11.8. The van der Waals surface area contributed by atoms with Crippen LogP contribution >= 0.6 is 0 Å². The van der Waals surface area contributed by atoms with Crippen LogP contribution < -0.4 is 4.72 Å². The fraction of sp³-hybridized carbons (Fsp3) is 0.571. The topological polar surface area (TPSA) is 66.4 Å². The summed E-state index contributed by atoms with van der Waals surface area (Å²) in [6, 6.07) is 9.05. The Morgan fingerprint density at radius 2 is 1.89 bits per heavy atom. The molecule has 0 aliphatic heterocycles. The summed E-state index contributed by atoms with van der Waals surface area (Å²) in [4.78, 5) is 0. The monoisotopic (exact) mass is 285 g/mol. The predicted molar refractivity (Wildman–Crippen MR) is 77.3 cm³/mol. The van der Waals surface area contributed by atoms with Gasteiger partial charge < -0.3 is 5.11 Å². The third-order valence-corrected chi connectivity index (χ3v) is 4.82. The van der Waals surface area contributed by atoms with Crippen molar-refractivity contribution in [3.05, 3.63) is 35.9 Å². The Hall–Kier alpha value is -0.910. The SMILES string of the molecule is CCC(C)CS(=O)(=O)NCC(C)(O)c1ccccc1. The minimum atomic E-state index is -3.34. The molecule has 0 aliphatic rings. The maximum absolute atomic E-state index is 11.9. The van der Waals surface area contributed by atoms with Gasteiger partial charge in [0.1, 0.15) is 5.60 Å². The van der Waals surface area contributed by atoms with E-state index in [1.54, 1.807) is 19.1 Å². The van der Waals surface area contributed by atoms with Gasteiger partial charge in [-0.25, -0.2) is 13.1 Å². The Labute approximate surface area is 115 Å². The van der Waals surface area contributed by atoms with Crippen molar-refractivity contribution in [3.63, 3.8) is 0 Å². The van der Waals surface area contributed by atoms with Gasteiger partial charge in [0.15, 0.2) is 0 Å². The lowest BCUT2D eigenvalue weighted by Gasteiger charge is -2.24. The summed E-state index contributed by atoms with van der Waals surface area (Å²) in [5.74, 6) is 0.202. The third-order valence-electron chi connectivity index (χ3n) is 3.23. The molecular weight excluding hydrogens is 262 g/mol. The van der Waals surface area contributed by atoms with Gasteiger partial charge in [0, 0.05) is 6.54 Å². The fourth-order valence-electron chi connectivity index (χ4n) is 1.70. The van der Waals surface area contributed by atoms with Crippen molar-refractivity contribution in [1.29, 1.82) is 0 Å². The molecule has 2 atom stereocenters. The highest BCUT2D eigenvalue weighted by molar-refractivity contribution is 7.89. The lowest BCUT2D eigenvalue weighted by Crippen LogP contribution is -2.40. The molecule has 2 N–H and O–H groups in total. The van der Waals surface area contributed by atoms with Crippen LogP contribution in [-0.2, 0) is 15.6 Å². The van der Waals surface area contributed by atoms with Crippen molar-refractivity contribution in [2.45, 2.75) is 32.8 Å². The van der Waals surface area contributed by atoms with Crippen LogP contribution in [0.15, 0.2) is 30.3 Å². The zero-order valence-corrected chi connectivity index (χ0v) is 12.6. The standard InChI is InChI=1S/C14H23NO3S/c1-4-12(2)10-19(17,18)15-11-14(3,16)13-8-6-5-7-9-13/h5-9,12,15-16H,4,10-11H2,1-3H3. The summed E-state index contributed by atoms with van der Waals surface area (Å²) in [5, 5.41) is 10.3. The van der Waals surface area contributed by atoms with Crippen LogP contribution in [0.2, 0.25) is 0 Å². The molecule has 0 radical (unpaired) electrons. The first-order valence-corrected chi connectivity index (χ1v) is 8.17. The second kappa shape index (κ2) is 6.50. The van der Waals surface area contributed by atoms with E-state index in [-0.39, 0.29) is 18.2 Å². The van der Waals surface area contributed by atoms with E-state index in [0.29, 0.717) is 5.56 Å². The molecule has 2 unspecified atom stereocenters. The van der Waals surface area contributed by atoms with Gasteiger partial charge in [-0.05, 0) is 18.4 Å². The van der Waals surface area contributed by atoms with E-state index in [2.05, 4.69) is 4.72 Å². The van der Waals surface area contributed by atoms with Gasteiger partial charge in [-0.3, -0.25) is 0 Å². The number of hydrogen-bond donors (Lipinski definition) is 2. The molecule has 0 aromatic heterocycles. The molecular formula is C14H23NO3S. The summed E-state index contributed by atoms with van der Waals surface area (Å²) >= 11 is 0. The first-order chi connectivity index (χ1) is 8.77. The molecule has 0 saturated carbocycles. The number of benzene rings is 1. The van der Waals surface area contributed by atoms with Crippen LogP contribution in [-0.4, -0.2) is 25.8 Å². The number of aliphatic hydroxyl groups is 1. The van der Waals surface area contributed by atoms with E-state index in [0.717, 1.165) is 6.42 Å². The van der Waals surface area contributed by atoms with Crippen molar-refractivity contribution in [2.24, 2.45) is 5.92 Å². The Bertz CT molecular complexity index is 483. The van der Waals surface area contributed by atoms with Gasteiger partial charge in [0.05, 0.1) is 5.75 Å². The Balaban J connectivity index is 2.66. The van der Waals surface area contributed by atoms with Gasteiger partial charge in [0.2, 0.25) is 10.0 Å². The van der Waals surface area contributed by atoms with Gasteiger partial charge >= 0.3 is 0 Å². The summed E-state index contributed by atoms with van der Waals surface area (Å²) in [6.45, 7) is 5.44. The smallest absolute Gasteiger partial charge is 0.211 e. The molecule has 0 amide bonds. The molecule has 0 fully saturated rings. The van der Waals surface area contributed by atoms with Crippen LogP contribution in [0, 0.1) is 5.92 Å². The largest absolute Gasteiger partial charge is 0.384 e. The third kappa shape index (κ3) is 5.30. The van der Waals surface area contributed by atoms with Crippen molar-refractivity contribution >= 4 is 10.0 Å². The van der Waals surface area contributed by atoms with Gasteiger partial charge in [-0.1, -0.05) is 50.6 Å². The average Bonchev–Trinajstić information content (AvgIpc) is 2.37. The minimum Gasteiger partial charge on any atom is -0.384 e. The molecule has 108 valence electrons. The molecule has 4 nitrogen and oxygen atoms in total. The Kier molecular flexibility index (Phi) is 5.52. The zero-order chi connectivity index (χ0) is 14.5. The molecule has 0 heterocycles. The summed E-state index contributed by atoms with van der Waals surface area (Å²) in [5.41, 5.74) is -0.509. The van der Waals surface area contributed by atoms with Crippen LogP contribution in [0.3, 0.4) is 0 Å². The molecule has 0 bridgehead atoms. The Morgan fingerprint density at radius 3 is 2.42 bits per heavy atom. The van der Waals surface area contributed by atoms with Gasteiger partial charge in [-0.2, -0.15) is 0 Å². The average molecular weight is 285 g/mol. The molecule has 0 saturated heterocycles. The van der Waals surface area contributed by atoms with E-state index in [1.165, 1.54) is 0 Å². The van der Waals surface area contributed by atoms with Crippen LogP contribution in [0.25, 0.3) is 0 Å². The van der Waals surface area contributed by atoms with E-state index >= 15 is 0 Å². The van der Waals surface area contributed by atoms with E-state index in [4.69, 9.17) is 0 Å². The predicted octanol–water partition coefficient (Wildman–Crippen LogP) is 1.86. The highest BCUT2D eigenvalue weighted by atomic mass is 32.2. The normalized spacial score (nSPS) is 16.8. The lowest BCUT2D eigenvalue weighted by atomic mass is 9.97. The second-order valence-electron chi connectivity index (χ2n) is 5.26. The highest BCUT2D eigenvalue weighted by Crippen LogP contribution is 2.19. The van der Waals surface area contributed by atoms with Gasteiger partial charge in [-0.15, -0.1) is 0 Å². The summed E-state index contributed by atoms with van der Waals surface area (Å²) in [7, 11) is -3.34. The number of rotatable bonds is 7. The molecule has 19 heavy (non-hydrogen) atoms. The molecule has 0 spiro atoms. The molecule has 1 aromatic carbocycles. The molecule has 1 aromatic rings. The van der Waals surface area contributed by atoms with E-state index in [1.807, 2.05) is 32.0 Å². The van der Waals surface area contributed by atoms with Crippen LogP contribution in [0.4, 0.5) is 0 Å². The second-order valence-corrected chi connectivity index (χ2v) is 7.11. The van der Waals surface area contributed by atoms with Crippen molar-refractivity contribution in [3.8, 4) is 0 Å². The quantitative estimate of drug-likeness (QED) is 0.803. The fourth-order valence-corrected chi connectivity index (χ4v) is 3.30. The minimum absolute atomic E-state index is 0.0181. The summed E-state index contributed by atoms with van der Waals surface area (Å²) in [6.07, 6.45) is 0.815. The Morgan fingerprint density at radius 1 is 1.32 bits per heavy atom. The molecule has 0 aliphatic carbocycles. The van der Waals surface area contributed by atoms with Crippen molar-refractivity contribution in [2.75, 3.05) is 12.3 Å². The van der Waals surface area contributed by atoms with Crippen molar-refractivity contribution in [1.82, 2.24) is 4.72 Å². The van der Waals surface area contributed by atoms with Crippen LogP contribution in [0.1, 0.15) is 32.8 Å².